The van der Waals surface area contributed by atoms with Gasteiger partial charge < -0.3 is 9.55 Å². The molecule has 1 fully saturated rings. The highest BCUT2D eigenvalue weighted by molar-refractivity contribution is 7.71. The van der Waals surface area contributed by atoms with Gasteiger partial charge in [0.05, 0.1) is 5.52 Å². The summed E-state index contributed by atoms with van der Waals surface area (Å²) in [6.07, 6.45) is 4.68. The molecule has 2 aromatic rings. The first-order chi connectivity index (χ1) is 8.12. The minimum absolute atomic E-state index is 0.0448. The molecule has 1 heterocycles. The summed E-state index contributed by atoms with van der Waals surface area (Å²) in [5, 5.41) is 0. The number of benzene rings is 1. The van der Waals surface area contributed by atoms with Crippen LogP contribution < -0.4 is 0 Å². The molecule has 0 atom stereocenters. The van der Waals surface area contributed by atoms with Gasteiger partial charge in [-0.2, -0.15) is 0 Å². The van der Waals surface area contributed by atoms with Gasteiger partial charge in [-0.15, -0.1) is 0 Å². The Morgan fingerprint density at radius 2 is 2.06 bits per heavy atom. The Morgan fingerprint density at radius 3 is 2.76 bits per heavy atom. The first kappa shape index (κ1) is 11.0. The average Bonchev–Trinajstić information content (AvgIpc) is 2.83. The zero-order valence-corrected chi connectivity index (χ0v) is 10.6. The summed E-state index contributed by atoms with van der Waals surface area (Å²) in [5.41, 5.74) is 1.47. The van der Waals surface area contributed by atoms with Gasteiger partial charge >= 0.3 is 0 Å². The van der Waals surface area contributed by atoms with E-state index in [0.29, 0.717) is 10.3 Å². The van der Waals surface area contributed by atoms with Crippen LogP contribution in [0.2, 0.25) is 0 Å². The second kappa shape index (κ2) is 3.67. The van der Waals surface area contributed by atoms with Gasteiger partial charge in [0.25, 0.3) is 0 Å². The normalized spacial score (nSPS) is 18.9. The first-order valence-corrected chi connectivity index (χ1v) is 6.42. The van der Waals surface area contributed by atoms with Crippen LogP contribution in [0, 0.1) is 10.6 Å². The third-order valence-corrected chi connectivity index (χ3v) is 4.17. The second-order valence-corrected chi connectivity index (χ2v) is 5.49. The van der Waals surface area contributed by atoms with E-state index < -0.39 is 0 Å². The van der Waals surface area contributed by atoms with Crippen molar-refractivity contribution in [2.24, 2.45) is 0 Å². The lowest BCUT2D eigenvalue weighted by Crippen LogP contribution is -2.26. The van der Waals surface area contributed by atoms with Gasteiger partial charge in [0.1, 0.15) is 11.3 Å². The summed E-state index contributed by atoms with van der Waals surface area (Å²) < 4.78 is 16.4. The highest BCUT2D eigenvalue weighted by Crippen LogP contribution is 2.38. The molecule has 1 aliphatic carbocycles. The van der Waals surface area contributed by atoms with Crippen LogP contribution in [0.1, 0.15) is 32.6 Å². The Kier molecular flexibility index (Phi) is 2.36. The van der Waals surface area contributed by atoms with E-state index in [1.165, 1.54) is 18.9 Å². The fourth-order valence-electron chi connectivity index (χ4n) is 2.99. The fourth-order valence-corrected chi connectivity index (χ4v) is 3.41. The predicted octanol–water partition coefficient (Wildman–Crippen LogP) is 4.13. The molecule has 0 unspecified atom stereocenters. The van der Waals surface area contributed by atoms with Gasteiger partial charge in [-0.05, 0) is 44.1 Å². The summed E-state index contributed by atoms with van der Waals surface area (Å²) in [4.78, 5) is 3.00. The molecular weight excluding hydrogens is 235 g/mol. The van der Waals surface area contributed by atoms with Crippen LogP contribution in [0.4, 0.5) is 4.39 Å². The summed E-state index contributed by atoms with van der Waals surface area (Å²) in [5.74, 6) is -0.228. The highest BCUT2D eigenvalue weighted by Gasteiger charge is 2.32. The SMILES string of the molecule is CC1(n2c(=S)[nH]c3c(F)cccc32)CCCC1. The van der Waals surface area contributed by atoms with E-state index in [1.54, 1.807) is 6.07 Å². The number of para-hydroxylation sites is 1. The van der Waals surface area contributed by atoms with Crippen molar-refractivity contribution in [2.45, 2.75) is 38.1 Å². The Balaban J connectivity index is 2.33. The molecule has 1 aliphatic rings. The molecule has 0 amide bonds. The van der Waals surface area contributed by atoms with E-state index in [0.717, 1.165) is 18.4 Å². The van der Waals surface area contributed by atoms with E-state index in [4.69, 9.17) is 12.2 Å². The van der Waals surface area contributed by atoms with Gasteiger partial charge in [0.15, 0.2) is 4.77 Å². The number of nitrogens with zero attached hydrogens (tertiary/aromatic N) is 1. The summed E-state index contributed by atoms with van der Waals surface area (Å²) in [6, 6.07) is 5.15. The van der Waals surface area contributed by atoms with Crippen LogP contribution in [0.5, 0.6) is 0 Å². The van der Waals surface area contributed by atoms with E-state index in [-0.39, 0.29) is 11.4 Å². The van der Waals surface area contributed by atoms with Gasteiger partial charge in [-0.25, -0.2) is 4.39 Å². The summed E-state index contributed by atoms with van der Waals surface area (Å²) in [6.45, 7) is 2.22. The van der Waals surface area contributed by atoms with Crippen molar-refractivity contribution in [1.82, 2.24) is 9.55 Å². The molecule has 2 nitrogen and oxygen atoms in total. The molecule has 1 aromatic carbocycles. The molecule has 1 aromatic heterocycles. The second-order valence-electron chi connectivity index (χ2n) is 5.10. The van der Waals surface area contributed by atoms with Gasteiger partial charge in [-0.1, -0.05) is 18.9 Å². The molecular formula is C13H15FN2S. The van der Waals surface area contributed by atoms with Crippen LogP contribution in [-0.4, -0.2) is 9.55 Å². The number of nitrogens with one attached hydrogen (secondary N) is 1. The van der Waals surface area contributed by atoms with Gasteiger partial charge in [-0.3, -0.25) is 0 Å². The highest BCUT2D eigenvalue weighted by atomic mass is 32.1. The van der Waals surface area contributed by atoms with Crippen molar-refractivity contribution in [3.63, 3.8) is 0 Å². The molecule has 1 saturated carbocycles. The maximum atomic E-state index is 13.7. The lowest BCUT2D eigenvalue weighted by molar-refractivity contribution is 0.335. The molecule has 3 rings (SSSR count). The zero-order chi connectivity index (χ0) is 12.0. The Bertz CT molecular complexity index is 620. The average molecular weight is 250 g/mol. The maximum absolute atomic E-state index is 13.7. The van der Waals surface area contributed by atoms with Crippen molar-refractivity contribution in [2.75, 3.05) is 0 Å². The number of H-pyrrole nitrogens is 1. The molecule has 0 bridgehead atoms. The quantitative estimate of drug-likeness (QED) is 0.755. The molecule has 1 N–H and O–H groups in total. The van der Waals surface area contributed by atoms with Crippen LogP contribution >= 0.6 is 12.2 Å². The molecule has 0 aliphatic heterocycles. The minimum Gasteiger partial charge on any atom is -0.328 e. The number of hydrogen-bond donors (Lipinski definition) is 1. The smallest absolute Gasteiger partial charge is 0.178 e. The number of hydrogen-bond acceptors (Lipinski definition) is 1. The number of imidazole rings is 1. The van der Waals surface area contributed by atoms with E-state index >= 15 is 0 Å². The van der Waals surface area contributed by atoms with E-state index in [1.807, 2.05) is 6.07 Å². The monoisotopic (exact) mass is 250 g/mol. The van der Waals surface area contributed by atoms with E-state index in [2.05, 4.69) is 16.5 Å². The number of aromatic nitrogens is 2. The van der Waals surface area contributed by atoms with Crippen molar-refractivity contribution in [3.05, 3.63) is 28.8 Å². The maximum Gasteiger partial charge on any atom is 0.178 e. The fraction of sp³-hybridized carbons (Fsp3) is 0.462. The van der Waals surface area contributed by atoms with Crippen molar-refractivity contribution >= 4 is 23.3 Å². The van der Waals surface area contributed by atoms with Crippen molar-refractivity contribution in [3.8, 4) is 0 Å². The van der Waals surface area contributed by atoms with Crippen molar-refractivity contribution < 1.29 is 4.39 Å². The predicted molar refractivity (Wildman–Crippen MR) is 69.2 cm³/mol. The Hall–Kier alpha value is -1.16. The van der Waals surface area contributed by atoms with Crippen LogP contribution in [0.3, 0.4) is 0 Å². The summed E-state index contributed by atoms with van der Waals surface area (Å²) >= 11 is 5.36. The lowest BCUT2D eigenvalue weighted by atomic mass is 10.0. The zero-order valence-electron chi connectivity index (χ0n) is 9.79. The van der Waals surface area contributed by atoms with Crippen molar-refractivity contribution in [1.29, 1.82) is 0 Å². The third kappa shape index (κ3) is 1.54. The number of rotatable bonds is 1. The number of fused-ring (bicyclic) bond motifs is 1. The van der Waals surface area contributed by atoms with Crippen LogP contribution in [0.25, 0.3) is 11.0 Å². The molecule has 90 valence electrons. The standard InChI is InChI=1S/C13H15FN2S/c1-13(7-2-3-8-13)16-10-6-4-5-9(14)11(10)15-12(16)17/h4-6H,2-3,7-8H2,1H3,(H,15,17). The Morgan fingerprint density at radius 1 is 1.35 bits per heavy atom. The first-order valence-electron chi connectivity index (χ1n) is 6.02. The van der Waals surface area contributed by atoms with E-state index in [9.17, 15) is 4.39 Å². The molecule has 0 saturated heterocycles. The topological polar surface area (TPSA) is 20.7 Å². The molecule has 0 radical (unpaired) electrons. The number of aromatic amines is 1. The molecule has 0 spiro atoms. The minimum atomic E-state index is -0.228. The summed E-state index contributed by atoms with van der Waals surface area (Å²) in [7, 11) is 0. The number of halogens is 1. The lowest BCUT2D eigenvalue weighted by Gasteiger charge is -2.26. The van der Waals surface area contributed by atoms with Gasteiger partial charge in [0.2, 0.25) is 0 Å². The van der Waals surface area contributed by atoms with Crippen LogP contribution in [0.15, 0.2) is 18.2 Å². The van der Waals surface area contributed by atoms with Gasteiger partial charge in [0, 0.05) is 5.54 Å². The molecule has 4 heteroatoms. The third-order valence-electron chi connectivity index (χ3n) is 3.89. The Labute approximate surface area is 104 Å². The molecule has 17 heavy (non-hydrogen) atoms. The largest absolute Gasteiger partial charge is 0.328 e. The van der Waals surface area contributed by atoms with Crippen LogP contribution in [-0.2, 0) is 5.54 Å².